The summed E-state index contributed by atoms with van der Waals surface area (Å²) in [6.07, 6.45) is 1.09. The molecule has 2 rings (SSSR count). The molecule has 0 aliphatic carbocycles. The van der Waals surface area contributed by atoms with E-state index in [9.17, 15) is 4.79 Å². The van der Waals surface area contributed by atoms with Gasteiger partial charge in [-0.15, -0.1) is 0 Å². The van der Waals surface area contributed by atoms with Gasteiger partial charge in [-0.25, -0.2) is 4.79 Å². The maximum absolute atomic E-state index is 12.2. The van der Waals surface area contributed by atoms with Crippen molar-refractivity contribution in [3.8, 4) is 11.5 Å². The molecule has 0 aliphatic rings. The van der Waals surface area contributed by atoms with Crippen molar-refractivity contribution in [2.24, 2.45) is 0 Å². The van der Waals surface area contributed by atoms with Crippen molar-refractivity contribution in [2.75, 3.05) is 0 Å². The summed E-state index contributed by atoms with van der Waals surface area (Å²) in [6.45, 7) is 10.3. The molecule has 0 fully saturated rings. The van der Waals surface area contributed by atoms with Crippen LogP contribution in [0, 0.1) is 0 Å². The first-order valence-corrected chi connectivity index (χ1v) is 8.39. The van der Waals surface area contributed by atoms with Crippen molar-refractivity contribution in [3.63, 3.8) is 0 Å². The Morgan fingerprint density at radius 1 is 0.958 bits per heavy atom. The Labute approximate surface area is 144 Å². The van der Waals surface area contributed by atoms with Gasteiger partial charge in [0.2, 0.25) is 0 Å². The van der Waals surface area contributed by atoms with Crippen LogP contribution in [0.3, 0.4) is 0 Å². The average Bonchev–Trinajstić information content (AvgIpc) is 2.54. The van der Waals surface area contributed by atoms with Gasteiger partial charge in [0.25, 0.3) is 0 Å². The molecule has 0 N–H and O–H groups in total. The smallest absolute Gasteiger partial charge is 0.343 e. The van der Waals surface area contributed by atoms with Gasteiger partial charge in [-0.3, -0.25) is 0 Å². The number of ether oxygens (including phenoxy) is 2. The molecule has 0 saturated heterocycles. The summed E-state index contributed by atoms with van der Waals surface area (Å²) in [5.74, 6) is 1.43. The van der Waals surface area contributed by atoms with Crippen LogP contribution >= 0.6 is 0 Å². The minimum Gasteiger partial charge on any atom is -0.488 e. The summed E-state index contributed by atoms with van der Waals surface area (Å²) in [7, 11) is 0. The first kappa shape index (κ1) is 18.1. The molecule has 3 nitrogen and oxygen atoms in total. The zero-order chi connectivity index (χ0) is 17.7. The van der Waals surface area contributed by atoms with Gasteiger partial charge < -0.3 is 9.47 Å². The van der Waals surface area contributed by atoms with Crippen molar-refractivity contribution in [3.05, 3.63) is 59.7 Å². The molecular weight excluding hydrogens is 300 g/mol. The highest BCUT2D eigenvalue weighted by atomic mass is 16.5. The van der Waals surface area contributed by atoms with Crippen LogP contribution in [0.4, 0.5) is 0 Å². The van der Waals surface area contributed by atoms with Gasteiger partial charge in [0.1, 0.15) is 17.1 Å². The Hall–Kier alpha value is -2.29. The fourth-order valence-electron chi connectivity index (χ4n) is 2.28. The van der Waals surface area contributed by atoms with E-state index in [1.807, 2.05) is 45.0 Å². The second kappa shape index (κ2) is 7.52. The molecule has 0 aliphatic heterocycles. The first-order chi connectivity index (χ1) is 11.3. The molecule has 0 heterocycles. The maximum atomic E-state index is 12.2. The third kappa shape index (κ3) is 5.12. The number of carbonyl (C=O) groups is 1. The minimum absolute atomic E-state index is 0.264. The lowest BCUT2D eigenvalue weighted by Crippen LogP contribution is -2.22. The number of hydrogen-bond acceptors (Lipinski definition) is 3. The zero-order valence-electron chi connectivity index (χ0n) is 15.1. The second-order valence-electron chi connectivity index (χ2n) is 7.01. The van der Waals surface area contributed by atoms with Crippen LogP contribution in [0.15, 0.2) is 48.5 Å². The Bertz CT molecular complexity index is 664. The normalized spacial score (nSPS) is 12.5. The van der Waals surface area contributed by atoms with Crippen molar-refractivity contribution < 1.29 is 14.3 Å². The maximum Gasteiger partial charge on any atom is 0.343 e. The van der Waals surface area contributed by atoms with Gasteiger partial charge >= 0.3 is 5.97 Å². The van der Waals surface area contributed by atoms with E-state index in [-0.39, 0.29) is 11.6 Å². The minimum atomic E-state index is -0.367. The van der Waals surface area contributed by atoms with Crippen molar-refractivity contribution in [2.45, 2.75) is 52.6 Å². The summed E-state index contributed by atoms with van der Waals surface area (Å²) < 4.78 is 11.2. The van der Waals surface area contributed by atoms with E-state index >= 15 is 0 Å². The fraction of sp³-hybridized carbons (Fsp3) is 0.381. The quantitative estimate of drug-likeness (QED) is 0.530. The molecule has 0 radical (unpaired) electrons. The number of rotatable bonds is 5. The van der Waals surface area contributed by atoms with Gasteiger partial charge in [0.05, 0.1) is 5.56 Å². The Morgan fingerprint density at radius 2 is 1.50 bits per heavy atom. The lowest BCUT2D eigenvalue weighted by Gasteiger charge is -2.21. The van der Waals surface area contributed by atoms with Crippen molar-refractivity contribution in [1.29, 1.82) is 0 Å². The number of hydrogen-bond donors (Lipinski definition) is 0. The molecule has 0 bridgehead atoms. The summed E-state index contributed by atoms with van der Waals surface area (Å²) in [5.41, 5.74) is 1.49. The molecule has 2 aromatic rings. The molecule has 1 atom stereocenters. The van der Waals surface area contributed by atoms with E-state index in [1.165, 1.54) is 5.56 Å². The van der Waals surface area contributed by atoms with Gasteiger partial charge in [0.15, 0.2) is 0 Å². The molecule has 0 spiro atoms. The predicted molar refractivity (Wildman–Crippen MR) is 96.9 cm³/mol. The number of carbonyl (C=O) groups excluding carboxylic acids is 1. The highest BCUT2D eigenvalue weighted by molar-refractivity contribution is 5.91. The fourth-order valence-corrected chi connectivity index (χ4v) is 2.28. The molecule has 3 heteroatoms. The molecule has 0 amide bonds. The third-order valence-corrected chi connectivity index (χ3v) is 3.79. The van der Waals surface area contributed by atoms with Crippen LogP contribution < -0.4 is 9.47 Å². The summed E-state index contributed by atoms with van der Waals surface area (Å²) in [4.78, 5) is 12.2. The lowest BCUT2D eigenvalue weighted by molar-refractivity contribution is 0.0734. The largest absolute Gasteiger partial charge is 0.488 e. The molecule has 0 aromatic heterocycles. The summed E-state index contributed by atoms with van der Waals surface area (Å²) >= 11 is 0. The molecule has 2 aromatic carbocycles. The molecule has 128 valence electrons. The average molecular weight is 326 g/mol. The number of esters is 1. The third-order valence-electron chi connectivity index (χ3n) is 3.79. The van der Waals surface area contributed by atoms with Gasteiger partial charge in [-0.1, -0.05) is 26.0 Å². The van der Waals surface area contributed by atoms with E-state index in [4.69, 9.17) is 9.47 Å². The molecule has 1 unspecified atom stereocenters. The number of benzene rings is 2. The SMILES string of the molecule is CCC(C)c1ccc(OC(=O)c2ccc(OC(C)(C)C)cc2)cc1. The van der Waals surface area contributed by atoms with Crippen LogP contribution in [0.25, 0.3) is 0 Å². The van der Waals surface area contributed by atoms with Gasteiger partial charge in [0, 0.05) is 0 Å². The summed E-state index contributed by atoms with van der Waals surface area (Å²) in [5, 5.41) is 0. The van der Waals surface area contributed by atoms with Crippen LogP contribution in [-0.2, 0) is 0 Å². The van der Waals surface area contributed by atoms with Crippen LogP contribution in [-0.4, -0.2) is 11.6 Å². The van der Waals surface area contributed by atoms with Crippen LogP contribution in [0.2, 0.25) is 0 Å². The monoisotopic (exact) mass is 326 g/mol. The van der Waals surface area contributed by atoms with E-state index in [0.29, 0.717) is 17.2 Å². The first-order valence-electron chi connectivity index (χ1n) is 8.39. The van der Waals surface area contributed by atoms with Crippen LogP contribution in [0.1, 0.15) is 62.9 Å². The lowest BCUT2D eigenvalue weighted by atomic mass is 9.99. The van der Waals surface area contributed by atoms with Gasteiger partial charge in [-0.05, 0) is 75.1 Å². The van der Waals surface area contributed by atoms with Crippen molar-refractivity contribution in [1.82, 2.24) is 0 Å². The van der Waals surface area contributed by atoms with E-state index in [2.05, 4.69) is 13.8 Å². The highest BCUT2D eigenvalue weighted by Crippen LogP contribution is 2.23. The molecule has 0 saturated carbocycles. The van der Waals surface area contributed by atoms with E-state index < -0.39 is 0 Å². The van der Waals surface area contributed by atoms with E-state index in [1.54, 1.807) is 24.3 Å². The van der Waals surface area contributed by atoms with Crippen LogP contribution in [0.5, 0.6) is 11.5 Å². The molecular formula is C21H26O3. The highest BCUT2D eigenvalue weighted by Gasteiger charge is 2.13. The van der Waals surface area contributed by atoms with Gasteiger partial charge in [-0.2, -0.15) is 0 Å². The van der Waals surface area contributed by atoms with E-state index in [0.717, 1.165) is 12.2 Å². The molecule has 24 heavy (non-hydrogen) atoms. The van der Waals surface area contributed by atoms with Crippen molar-refractivity contribution >= 4 is 5.97 Å². The second-order valence-corrected chi connectivity index (χ2v) is 7.01. The standard InChI is InChI=1S/C21H26O3/c1-6-15(2)16-7-11-18(12-8-16)23-20(22)17-9-13-19(14-10-17)24-21(3,4)5/h7-15H,6H2,1-5H3. The Kier molecular flexibility index (Phi) is 5.66. The predicted octanol–water partition coefficient (Wildman–Crippen LogP) is 5.60. The zero-order valence-corrected chi connectivity index (χ0v) is 15.1. The Morgan fingerprint density at radius 3 is 2.00 bits per heavy atom. The summed E-state index contributed by atoms with van der Waals surface area (Å²) in [6, 6.07) is 14.7. The Balaban J connectivity index is 2.01. The topological polar surface area (TPSA) is 35.5 Å².